The number of carbonyl (C=O) groups is 2. The van der Waals surface area contributed by atoms with Crippen LogP contribution >= 0.6 is 11.8 Å². The predicted octanol–water partition coefficient (Wildman–Crippen LogP) is 3.68. The molecule has 1 rings (SSSR count). The summed E-state index contributed by atoms with van der Waals surface area (Å²) < 4.78 is 0. The molecule has 4 nitrogen and oxygen atoms in total. The molecule has 2 amide bonds. The minimum atomic E-state index is -0.196. The van der Waals surface area contributed by atoms with E-state index in [0.29, 0.717) is 11.4 Å². The number of hydrogen-bond donors (Lipinski definition) is 0. The SMILES string of the molecule is C/C=C(\C=C/CN(C)C)/C=C1/SC(=O)N(CC)C1=O.CC. The fraction of sp³-hybridized carbons (Fsp3) is 0.500. The monoisotopic (exact) mass is 310 g/mol. The van der Waals surface area contributed by atoms with E-state index in [0.717, 1.165) is 23.9 Å². The van der Waals surface area contributed by atoms with Crippen LogP contribution in [0.25, 0.3) is 0 Å². The summed E-state index contributed by atoms with van der Waals surface area (Å²) in [5.41, 5.74) is 0.934. The minimum Gasteiger partial charge on any atom is -0.306 e. The van der Waals surface area contributed by atoms with E-state index in [1.165, 1.54) is 4.90 Å². The Kier molecular flexibility index (Phi) is 9.75. The molecule has 0 bridgehead atoms. The van der Waals surface area contributed by atoms with Crippen LogP contribution in [0.5, 0.6) is 0 Å². The molecule has 1 saturated heterocycles. The van der Waals surface area contributed by atoms with Gasteiger partial charge in [-0.2, -0.15) is 0 Å². The van der Waals surface area contributed by atoms with Crippen molar-refractivity contribution in [3.63, 3.8) is 0 Å². The Hall–Kier alpha value is -1.33. The van der Waals surface area contributed by atoms with Crippen molar-refractivity contribution in [2.75, 3.05) is 27.2 Å². The average Bonchev–Trinajstić information content (AvgIpc) is 2.73. The molecule has 0 aromatic carbocycles. The van der Waals surface area contributed by atoms with Crippen molar-refractivity contribution in [2.24, 2.45) is 0 Å². The number of thioether (sulfide) groups is 1. The number of rotatable bonds is 5. The number of nitrogens with zero attached hydrogens (tertiary/aromatic N) is 2. The first-order valence-corrected chi connectivity index (χ1v) is 8.04. The summed E-state index contributed by atoms with van der Waals surface area (Å²) in [4.78, 5) is 27.3. The van der Waals surface area contributed by atoms with Crippen molar-refractivity contribution in [1.82, 2.24) is 9.80 Å². The van der Waals surface area contributed by atoms with Crippen LogP contribution < -0.4 is 0 Å². The highest BCUT2D eigenvalue weighted by Gasteiger charge is 2.33. The Morgan fingerprint density at radius 2 is 1.90 bits per heavy atom. The van der Waals surface area contributed by atoms with Gasteiger partial charge in [0, 0.05) is 13.1 Å². The quantitative estimate of drug-likeness (QED) is 0.574. The molecule has 0 spiro atoms. The first-order valence-electron chi connectivity index (χ1n) is 7.22. The molecule has 1 heterocycles. The van der Waals surface area contributed by atoms with E-state index in [1.807, 2.05) is 53.1 Å². The zero-order valence-corrected chi connectivity index (χ0v) is 14.7. The minimum absolute atomic E-state index is 0.188. The lowest BCUT2D eigenvalue weighted by Crippen LogP contribution is -2.27. The van der Waals surface area contributed by atoms with E-state index in [2.05, 4.69) is 4.90 Å². The maximum absolute atomic E-state index is 11.9. The Bertz CT molecular complexity index is 451. The van der Waals surface area contributed by atoms with Gasteiger partial charge in [0.25, 0.3) is 11.1 Å². The zero-order valence-electron chi connectivity index (χ0n) is 13.8. The van der Waals surface area contributed by atoms with Gasteiger partial charge < -0.3 is 4.90 Å². The standard InChI is InChI=1S/C14H20N2O2S.C2H6/c1-5-11(8-7-9-15(3)4)10-12-13(17)16(6-2)14(18)19-12;1-2/h5,7-8,10H,6,9H2,1-4H3;1-2H3/b8-7-,11-5+,12-10+;. The highest BCUT2D eigenvalue weighted by molar-refractivity contribution is 8.18. The molecule has 1 fully saturated rings. The summed E-state index contributed by atoms with van der Waals surface area (Å²) >= 11 is 1.00. The van der Waals surface area contributed by atoms with Crippen molar-refractivity contribution in [2.45, 2.75) is 27.7 Å². The van der Waals surface area contributed by atoms with Crippen LogP contribution in [0.4, 0.5) is 4.79 Å². The third-order valence-corrected chi connectivity index (χ3v) is 3.51. The molecule has 118 valence electrons. The van der Waals surface area contributed by atoms with Gasteiger partial charge in [-0.05, 0) is 51.4 Å². The topological polar surface area (TPSA) is 40.6 Å². The van der Waals surface area contributed by atoms with Gasteiger partial charge in [-0.1, -0.05) is 32.1 Å². The van der Waals surface area contributed by atoms with Crippen molar-refractivity contribution in [3.05, 3.63) is 34.8 Å². The molecular weight excluding hydrogens is 284 g/mol. The smallest absolute Gasteiger partial charge is 0.293 e. The number of allylic oxidation sites excluding steroid dienone is 4. The third kappa shape index (κ3) is 6.31. The van der Waals surface area contributed by atoms with Gasteiger partial charge in [-0.3, -0.25) is 14.5 Å². The molecule has 0 saturated carbocycles. The molecule has 0 aromatic rings. The Morgan fingerprint density at radius 3 is 2.33 bits per heavy atom. The van der Waals surface area contributed by atoms with Gasteiger partial charge in [0.2, 0.25) is 0 Å². The van der Waals surface area contributed by atoms with Gasteiger partial charge in [-0.25, -0.2) is 0 Å². The average molecular weight is 310 g/mol. The first kappa shape index (κ1) is 19.7. The van der Waals surface area contributed by atoms with Crippen LogP contribution in [-0.4, -0.2) is 48.1 Å². The Morgan fingerprint density at radius 1 is 1.29 bits per heavy atom. The van der Waals surface area contributed by atoms with Gasteiger partial charge in [0.05, 0.1) is 4.91 Å². The van der Waals surface area contributed by atoms with Gasteiger partial charge in [-0.15, -0.1) is 0 Å². The van der Waals surface area contributed by atoms with E-state index in [9.17, 15) is 9.59 Å². The lowest BCUT2D eigenvalue weighted by Gasteiger charge is -2.07. The van der Waals surface area contributed by atoms with E-state index < -0.39 is 0 Å². The van der Waals surface area contributed by atoms with Gasteiger partial charge >= 0.3 is 0 Å². The fourth-order valence-corrected chi connectivity index (χ4v) is 2.45. The number of carbonyl (C=O) groups excluding carboxylic acids is 2. The lowest BCUT2D eigenvalue weighted by atomic mass is 10.2. The summed E-state index contributed by atoms with van der Waals surface area (Å²) in [5.74, 6) is -0.196. The van der Waals surface area contributed by atoms with E-state index in [1.54, 1.807) is 13.0 Å². The molecule has 0 aliphatic carbocycles. The van der Waals surface area contributed by atoms with Crippen LogP contribution in [0.1, 0.15) is 27.7 Å². The predicted molar refractivity (Wildman–Crippen MR) is 91.3 cm³/mol. The molecule has 1 aliphatic rings. The largest absolute Gasteiger partial charge is 0.306 e. The highest BCUT2D eigenvalue weighted by atomic mass is 32.2. The normalized spacial score (nSPS) is 18.0. The third-order valence-electron chi connectivity index (χ3n) is 2.60. The zero-order chi connectivity index (χ0) is 16.4. The second-order valence-electron chi connectivity index (χ2n) is 4.38. The summed E-state index contributed by atoms with van der Waals surface area (Å²) in [6, 6.07) is 0. The van der Waals surface area contributed by atoms with Crippen LogP contribution in [-0.2, 0) is 4.79 Å². The summed E-state index contributed by atoms with van der Waals surface area (Å²) in [5, 5.41) is -0.188. The van der Waals surface area contributed by atoms with E-state index in [-0.39, 0.29) is 11.1 Å². The van der Waals surface area contributed by atoms with Crippen molar-refractivity contribution < 1.29 is 9.59 Å². The maximum Gasteiger partial charge on any atom is 0.293 e. The summed E-state index contributed by atoms with van der Waals surface area (Å²) in [6.45, 7) is 8.97. The molecule has 0 N–H and O–H groups in total. The van der Waals surface area contributed by atoms with Crippen molar-refractivity contribution in [1.29, 1.82) is 0 Å². The Balaban J connectivity index is 0.00000191. The Labute approximate surface area is 132 Å². The lowest BCUT2D eigenvalue weighted by molar-refractivity contribution is -0.122. The number of hydrogen-bond acceptors (Lipinski definition) is 4. The molecule has 0 unspecified atom stereocenters. The van der Waals surface area contributed by atoms with Crippen LogP contribution in [0.2, 0.25) is 0 Å². The number of amides is 2. The molecular formula is C16H26N2O2S. The van der Waals surface area contributed by atoms with E-state index in [4.69, 9.17) is 0 Å². The second-order valence-corrected chi connectivity index (χ2v) is 5.37. The maximum atomic E-state index is 11.9. The molecule has 5 heteroatoms. The first-order chi connectivity index (χ1) is 9.99. The van der Waals surface area contributed by atoms with Crippen LogP contribution in [0.15, 0.2) is 34.8 Å². The molecule has 21 heavy (non-hydrogen) atoms. The van der Waals surface area contributed by atoms with Crippen LogP contribution in [0, 0.1) is 0 Å². The molecule has 0 atom stereocenters. The molecule has 1 aliphatic heterocycles. The molecule has 0 radical (unpaired) electrons. The fourth-order valence-electron chi connectivity index (χ4n) is 1.55. The summed E-state index contributed by atoms with van der Waals surface area (Å²) in [7, 11) is 3.98. The van der Waals surface area contributed by atoms with Crippen molar-refractivity contribution >= 4 is 22.9 Å². The van der Waals surface area contributed by atoms with E-state index >= 15 is 0 Å². The van der Waals surface area contributed by atoms with Gasteiger partial charge in [0.15, 0.2) is 0 Å². The van der Waals surface area contributed by atoms with Crippen molar-refractivity contribution in [3.8, 4) is 0 Å². The van der Waals surface area contributed by atoms with Gasteiger partial charge in [0.1, 0.15) is 0 Å². The van der Waals surface area contributed by atoms with Crippen LogP contribution in [0.3, 0.4) is 0 Å². The second kappa shape index (κ2) is 10.4. The summed E-state index contributed by atoms with van der Waals surface area (Å²) in [6.07, 6.45) is 7.68. The highest BCUT2D eigenvalue weighted by Crippen LogP contribution is 2.31. The molecule has 0 aromatic heterocycles. The number of likely N-dealkylation sites (N-methyl/N-ethyl adjacent to an activating group) is 2. The number of imide groups is 1.